The second-order valence-corrected chi connectivity index (χ2v) is 8.99. The maximum absolute atomic E-state index is 13.1. The van der Waals surface area contributed by atoms with E-state index in [1.54, 1.807) is 24.3 Å². The Kier molecular flexibility index (Phi) is 7.68. The van der Waals surface area contributed by atoms with Crippen molar-refractivity contribution in [2.24, 2.45) is 0 Å². The lowest BCUT2D eigenvalue weighted by Crippen LogP contribution is -2.34. The molecule has 0 fully saturated rings. The first-order valence-electron chi connectivity index (χ1n) is 11.8. The van der Waals surface area contributed by atoms with Gasteiger partial charge in [0.05, 0.1) is 5.56 Å². The first kappa shape index (κ1) is 26.7. The van der Waals surface area contributed by atoms with E-state index in [4.69, 9.17) is 0 Å². The highest BCUT2D eigenvalue weighted by Gasteiger charge is 2.30. The summed E-state index contributed by atoms with van der Waals surface area (Å²) in [6.07, 6.45) is -1.09. The van der Waals surface area contributed by atoms with Crippen LogP contribution in [0.3, 0.4) is 0 Å². The van der Waals surface area contributed by atoms with Gasteiger partial charge in [0.15, 0.2) is 0 Å². The maximum atomic E-state index is 13.1. The van der Waals surface area contributed by atoms with Crippen molar-refractivity contribution >= 4 is 34.4 Å². The number of rotatable bonds is 6. The van der Waals surface area contributed by atoms with Gasteiger partial charge >= 0.3 is 6.18 Å². The van der Waals surface area contributed by atoms with Gasteiger partial charge in [-0.05, 0) is 53.1 Å². The predicted molar refractivity (Wildman–Crippen MR) is 142 cm³/mol. The largest absolute Gasteiger partial charge is 0.416 e. The van der Waals surface area contributed by atoms with Crippen LogP contribution in [0.5, 0.6) is 0 Å². The average Bonchev–Trinajstić information content (AvgIpc) is 2.87. The van der Waals surface area contributed by atoms with E-state index < -0.39 is 29.7 Å². The molecule has 0 saturated carbocycles. The van der Waals surface area contributed by atoms with Crippen LogP contribution >= 0.6 is 0 Å². The summed E-state index contributed by atoms with van der Waals surface area (Å²) >= 11 is 0. The van der Waals surface area contributed by atoms with Crippen LogP contribution in [0.1, 0.15) is 22.3 Å². The molecule has 1 atom stereocenters. The molecule has 196 valence electrons. The van der Waals surface area contributed by atoms with E-state index >= 15 is 0 Å². The smallest absolute Gasteiger partial charge is 0.383 e. The zero-order valence-corrected chi connectivity index (χ0v) is 20.7. The van der Waals surface area contributed by atoms with E-state index in [2.05, 4.69) is 10.6 Å². The van der Waals surface area contributed by atoms with Crippen molar-refractivity contribution in [1.29, 1.82) is 0 Å². The van der Waals surface area contributed by atoms with Crippen LogP contribution in [0.15, 0.2) is 85.0 Å². The first-order valence-corrected chi connectivity index (χ1v) is 11.8. The summed E-state index contributed by atoms with van der Waals surface area (Å²) < 4.78 is 39.2. The van der Waals surface area contributed by atoms with E-state index in [9.17, 15) is 27.9 Å². The number of nitrogens with one attached hydrogen (secondary N) is 2. The van der Waals surface area contributed by atoms with Crippen molar-refractivity contribution < 1.29 is 27.9 Å². The third-order valence-corrected chi connectivity index (χ3v) is 6.12. The standard InChI is InChI=1S/C29H26F3N3O3/c1-35(2)21-15-11-19(12-16-21)22(18-9-13-20(14-10-18)29(30,31)32)5-3-8-27(37)33-24-6-4-7-25-23(24)17-26(36)28(38)34-25/h3-16,26,36H,17H2,1-2H3,(H,33,37)(H,34,38)/b8-3+,22-5+. The molecule has 38 heavy (non-hydrogen) atoms. The Bertz CT molecular complexity index is 1390. The van der Waals surface area contributed by atoms with Crippen LogP contribution in [0.4, 0.5) is 30.2 Å². The van der Waals surface area contributed by atoms with Gasteiger partial charge in [-0.2, -0.15) is 13.2 Å². The first-order chi connectivity index (χ1) is 18.0. The van der Waals surface area contributed by atoms with Crippen molar-refractivity contribution in [3.63, 3.8) is 0 Å². The molecule has 1 aliphatic heterocycles. The van der Waals surface area contributed by atoms with Crippen molar-refractivity contribution in [3.8, 4) is 0 Å². The van der Waals surface area contributed by atoms with E-state index in [0.29, 0.717) is 28.1 Å². The summed E-state index contributed by atoms with van der Waals surface area (Å²) in [6, 6.07) is 17.4. The molecule has 1 heterocycles. The normalized spacial score (nSPS) is 15.7. The summed E-state index contributed by atoms with van der Waals surface area (Å²) in [4.78, 5) is 26.3. The molecule has 3 N–H and O–H groups in total. The minimum Gasteiger partial charge on any atom is -0.383 e. The maximum Gasteiger partial charge on any atom is 0.416 e. The monoisotopic (exact) mass is 521 g/mol. The lowest BCUT2D eigenvalue weighted by molar-refractivity contribution is -0.137. The molecule has 1 aliphatic rings. The Labute approximate surface area is 218 Å². The molecular formula is C29H26F3N3O3. The number of hydrogen-bond donors (Lipinski definition) is 3. The number of hydrogen-bond acceptors (Lipinski definition) is 4. The van der Waals surface area contributed by atoms with E-state index in [1.165, 1.54) is 24.3 Å². The number of fused-ring (bicyclic) bond motifs is 1. The molecule has 0 saturated heterocycles. The van der Waals surface area contributed by atoms with Crippen molar-refractivity contribution in [2.45, 2.75) is 18.7 Å². The van der Waals surface area contributed by atoms with Gasteiger partial charge in [0.25, 0.3) is 5.91 Å². The Morgan fingerprint density at radius 3 is 2.26 bits per heavy atom. The Balaban J connectivity index is 1.60. The van der Waals surface area contributed by atoms with Crippen molar-refractivity contribution in [2.75, 3.05) is 29.6 Å². The molecule has 6 nitrogen and oxygen atoms in total. The summed E-state index contributed by atoms with van der Waals surface area (Å²) in [5.41, 5.74) is 3.77. The van der Waals surface area contributed by atoms with Crippen molar-refractivity contribution in [3.05, 3.63) is 107 Å². The molecule has 0 aromatic heterocycles. The van der Waals surface area contributed by atoms with Crippen LogP contribution in [-0.2, 0) is 22.2 Å². The van der Waals surface area contributed by atoms with Gasteiger partial charge in [-0.25, -0.2) is 0 Å². The van der Waals surface area contributed by atoms with Crippen LogP contribution in [0.25, 0.3) is 5.57 Å². The molecule has 0 spiro atoms. The second kappa shape index (κ2) is 10.9. The quantitative estimate of drug-likeness (QED) is 0.306. The fourth-order valence-electron chi connectivity index (χ4n) is 4.09. The van der Waals surface area contributed by atoms with E-state index in [0.717, 1.165) is 23.4 Å². The number of anilines is 3. The van der Waals surface area contributed by atoms with Gasteiger partial charge < -0.3 is 20.6 Å². The fraction of sp³-hybridized carbons (Fsp3) is 0.172. The summed E-state index contributed by atoms with van der Waals surface area (Å²) in [7, 11) is 3.81. The lowest BCUT2D eigenvalue weighted by Gasteiger charge is -2.23. The number of alkyl halides is 3. The molecule has 0 aliphatic carbocycles. The number of allylic oxidation sites excluding steroid dienone is 2. The van der Waals surface area contributed by atoms with Gasteiger partial charge in [-0.1, -0.05) is 42.5 Å². The summed E-state index contributed by atoms with van der Waals surface area (Å²) in [5.74, 6) is -0.948. The molecule has 0 bridgehead atoms. The molecule has 3 aromatic carbocycles. The third-order valence-electron chi connectivity index (χ3n) is 6.12. The summed E-state index contributed by atoms with van der Waals surface area (Å²) in [6.45, 7) is 0. The molecular weight excluding hydrogens is 495 g/mol. The zero-order valence-electron chi connectivity index (χ0n) is 20.7. The van der Waals surface area contributed by atoms with Crippen LogP contribution < -0.4 is 15.5 Å². The highest BCUT2D eigenvalue weighted by molar-refractivity contribution is 6.03. The van der Waals surface area contributed by atoms with Gasteiger partial charge in [-0.15, -0.1) is 0 Å². The van der Waals surface area contributed by atoms with Crippen LogP contribution in [-0.4, -0.2) is 37.1 Å². The minimum atomic E-state index is -4.44. The number of nitrogens with zero attached hydrogens (tertiary/aromatic N) is 1. The molecule has 4 rings (SSSR count). The molecule has 1 unspecified atom stereocenters. The number of halogens is 3. The SMILES string of the molecule is CN(C)c1ccc(/C(=C/C=C/C(=O)Nc2cccc3c2CC(O)C(=O)N3)c2ccc(C(F)(F)F)cc2)cc1. The number of aliphatic hydroxyl groups is 1. The third kappa shape index (κ3) is 6.12. The number of carbonyl (C=O) groups excluding carboxylic acids is 2. The topological polar surface area (TPSA) is 81.7 Å². The van der Waals surface area contributed by atoms with Gasteiger partial charge in [0, 0.05) is 49.2 Å². The highest BCUT2D eigenvalue weighted by Crippen LogP contribution is 2.32. The second-order valence-electron chi connectivity index (χ2n) is 8.99. The van der Waals surface area contributed by atoms with Gasteiger partial charge in [-0.3, -0.25) is 9.59 Å². The lowest BCUT2D eigenvalue weighted by atomic mass is 9.96. The number of carbonyl (C=O) groups is 2. The van der Waals surface area contributed by atoms with E-state index in [-0.39, 0.29) is 6.42 Å². The van der Waals surface area contributed by atoms with E-state index in [1.807, 2.05) is 43.3 Å². The Morgan fingerprint density at radius 1 is 1.03 bits per heavy atom. The Hall–Kier alpha value is -4.37. The molecule has 3 aromatic rings. The number of aliphatic hydroxyl groups excluding tert-OH is 1. The van der Waals surface area contributed by atoms with Crippen LogP contribution in [0, 0.1) is 0 Å². The van der Waals surface area contributed by atoms with Crippen molar-refractivity contribution in [1.82, 2.24) is 0 Å². The van der Waals surface area contributed by atoms with Gasteiger partial charge in [0.2, 0.25) is 5.91 Å². The van der Waals surface area contributed by atoms with Gasteiger partial charge in [0.1, 0.15) is 6.10 Å². The molecule has 9 heteroatoms. The predicted octanol–water partition coefficient (Wildman–Crippen LogP) is 5.25. The highest BCUT2D eigenvalue weighted by atomic mass is 19.4. The summed E-state index contributed by atoms with van der Waals surface area (Å²) in [5, 5.41) is 15.3. The fourth-order valence-corrected chi connectivity index (χ4v) is 4.09. The van der Waals surface area contributed by atoms with Crippen LogP contribution in [0.2, 0.25) is 0 Å². The Morgan fingerprint density at radius 2 is 1.66 bits per heavy atom. The zero-order chi connectivity index (χ0) is 27.4. The average molecular weight is 522 g/mol. The molecule has 0 radical (unpaired) electrons. The number of benzene rings is 3. The molecule has 2 amide bonds. The minimum absolute atomic E-state index is 0.0717. The number of amides is 2.